The van der Waals surface area contributed by atoms with Crippen LogP contribution in [0.2, 0.25) is 0 Å². The van der Waals surface area contributed by atoms with Crippen molar-refractivity contribution in [1.82, 2.24) is 0 Å². The van der Waals surface area contributed by atoms with Gasteiger partial charge in [-0.15, -0.1) is 0 Å². The molecule has 1 aliphatic carbocycles. The Morgan fingerprint density at radius 1 is 1.25 bits per heavy atom. The number of halogens is 1. The largest absolute Gasteiger partial charge is 0.0888 e. The van der Waals surface area contributed by atoms with Crippen LogP contribution in [0.4, 0.5) is 0 Å². The number of alkyl halides is 1. The van der Waals surface area contributed by atoms with Crippen LogP contribution >= 0.6 is 15.9 Å². The van der Waals surface area contributed by atoms with Gasteiger partial charge in [0.2, 0.25) is 0 Å². The van der Waals surface area contributed by atoms with E-state index < -0.39 is 0 Å². The summed E-state index contributed by atoms with van der Waals surface area (Å²) in [5, 5.41) is 0. The fourth-order valence-electron chi connectivity index (χ4n) is 1.27. The van der Waals surface area contributed by atoms with Gasteiger partial charge in [-0.05, 0) is 18.8 Å². The molecular formula is C7H13Br. The lowest BCUT2D eigenvalue weighted by molar-refractivity contribution is 0.403. The van der Waals surface area contributed by atoms with Gasteiger partial charge in [0, 0.05) is 4.83 Å². The molecule has 0 heterocycles. The van der Waals surface area contributed by atoms with Gasteiger partial charge >= 0.3 is 0 Å². The summed E-state index contributed by atoms with van der Waals surface area (Å²) in [6.45, 7) is 2.33. The van der Waals surface area contributed by atoms with Crippen molar-refractivity contribution in [2.75, 3.05) is 0 Å². The van der Waals surface area contributed by atoms with Crippen LogP contribution in [-0.2, 0) is 0 Å². The molecule has 1 fully saturated rings. The summed E-state index contributed by atoms with van der Waals surface area (Å²) >= 11 is 3.65. The third-order valence-electron chi connectivity index (χ3n) is 2.01. The molecule has 0 nitrogen and oxygen atoms in total. The van der Waals surface area contributed by atoms with Gasteiger partial charge in [-0.1, -0.05) is 35.7 Å². The molecule has 48 valence electrons. The SMILES string of the molecule is C[C@H]1CCCC[C@@H]1Br. The predicted octanol–water partition coefficient (Wildman–Crippen LogP) is 2.96. The zero-order valence-corrected chi connectivity index (χ0v) is 6.95. The Hall–Kier alpha value is 0.480. The smallest absolute Gasteiger partial charge is 0.0171 e. The first kappa shape index (κ1) is 6.60. The molecule has 0 unspecified atom stereocenters. The Labute approximate surface area is 59.8 Å². The third-order valence-corrected chi connectivity index (χ3v) is 3.37. The fraction of sp³-hybridized carbons (Fsp3) is 1.00. The van der Waals surface area contributed by atoms with Crippen molar-refractivity contribution >= 4 is 15.9 Å². The van der Waals surface area contributed by atoms with Crippen LogP contribution in [0.25, 0.3) is 0 Å². The topological polar surface area (TPSA) is 0 Å². The molecule has 1 rings (SSSR count). The molecule has 8 heavy (non-hydrogen) atoms. The van der Waals surface area contributed by atoms with Crippen LogP contribution in [0.1, 0.15) is 32.6 Å². The molecule has 0 radical (unpaired) electrons. The van der Waals surface area contributed by atoms with Crippen molar-refractivity contribution in [3.8, 4) is 0 Å². The summed E-state index contributed by atoms with van der Waals surface area (Å²) in [5.74, 6) is 0.920. The Morgan fingerprint density at radius 3 is 2.25 bits per heavy atom. The van der Waals surface area contributed by atoms with E-state index in [1.54, 1.807) is 0 Å². The van der Waals surface area contributed by atoms with Crippen molar-refractivity contribution < 1.29 is 0 Å². The van der Waals surface area contributed by atoms with E-state index in [-0.39, 0.29) is 0 Å². The molecule has 0 saturated heterocycles. The zero-order chi connectivity index (χ0) is 5.98. The number of hydrogen-bond acceptors (Lipinski definition) is 0. The van der Waals surface area contributed by atoms with Crippen LogP contribution in [0, 0.1) is 5.92 Å². The number of hydrogen-bond donors (Lipinski definition) is 0. The van der Waals surface area contributed by atoms with Crippen molar-refractivity contribution in [3.63, 3.8) is 0 Å². The van der Waals surface area contributed by atoms with Gasteiger partial charge < -0.3 is 0 Å². The van der Waals surface area contributed by atoms with E-state index in [9.17, 15) is 0 Å². The van der Waals surface area contributed by atoms with E-state index in [0.29, 0.717) is 0 Å². The van der Waals surface area contributed by atoms with E-state index in [4.69, 9.17) is 0 Å². The maximum atomic E-state index is 3.65. The van der Waals surface area contributed by atoms with Gasteiger partial charge in [0.15, 0.2) is 0 Å². The lowest BCUT2D eigenvalue weighted by atomic mass is 9.91. The second-order valence-corrected chi connectivity index (χ2v) is 3.95. The molecular weight excluding hydrogens is 164 g/mol. The second kappa shape index (κ2) is 2.86. The zero-order valence-electron chi connectivity index (χ0n) is 5.36. The molecule has 0 N–H and O–H groups in total. The third kappa shape index (κ3) is 1.48. The molecule has 0 spiro atoms. The van der Waals surface area contributed by atoms with Gasteiger partial charge in [0.25, 0.3) is 0 Å². The standard InChI is InChI=1S/C7H13Br/c1-6-4-2-3-5-7(6)8/h6-7H,2-5H2,1H3/t6-,7-/m0/s1. The van der Waals surface area contributed by atoms with E-state index in [0.717, 1.165) is 10.7 Å². The molecule has 0 aromatic rings. The predicted molar refractivity (Wildman–Crippen MR) is 40.3 cm³/mol. The normalized spacial score (nSPS) is 39.8. The van der Waals surface area contributed by atoms with Crippen LogP contribution in [-0.4, -0.2) is 4.83 Å². The van der Waals surface area contributed by atoms with Gasteiger partial charge in [-0.25, -0.2) is 0 Å². The van der Waals surface area contributed by atoms with Crippen LogP contribution in [0.5, 0.6) is 0 Å². The van der Waals surface area contributed by atoms with E-state index >= 15 is 0 Å². The Kier molecular flexibility index (Phi) is 2.36. The first-order valence-corrected chi connectivity index (χ1v) is 4.36. The minimum absolute atomic E-state index is 0.816. The minimum atomic E-state index is 0.816. The molecule has 0 bridgehead atoms. The molecule has 1 aliphatic rings. The van der Waals surface area contributed by atoms with Crippen molar-refractivity contribution in [3.05, 3.63) is 0 Å². The molecule has 0 aliphatic heterocycles. The van der Waals surface area contributed by atoms with Gasteiger partial charge in [-0.2, -0.15) is 0 Å². The highest BCUT2D eigenvalue weighted by atomic mass is 79.9. The lowest BCUT2D eigenvalue weighted by Crippen LogP contribution is -2.15. The summed E-state index contributed by atoms with van der Waals surface area (Å²) in [7, 11) is 0. The molecule has 1 saturated carbocycles. The van der Waals surface area contributed by atoms with Gasteiger partial charge in [-0.3, -0.25) is 0 Å². The van der Waals surface area contributed by atoms with Crippen LogP contribution in [0.15, 0.2) is 0 Å². The quantitative estimate of drug-likeness (QED) is 0.499. The molecule has 0 aromatic heterocycles. The molecule has 0 amide bonds. The first-order chi connectivity index (χ1) is 3.80. The highest BCUT2D eigenvalue weighted by Gasteiger charge is 2.17. The highest BCUT2D eigenvalue weighted by molar-refractivity contribution is 9.09. The monoisotopic (exact) mass is 176 g/mol. The van der Waals surface area contributed by atoms with E-state index in [1.165, 1.54) is 25.7 Å². The lowest BCUT2D eigenvalue weighted by Gasteiger charge is -2.22. The van der Waals surface area contributed by atoms with Gasteiger partial charge in [0.1, 0.15) is 0 Å². The summed E-state index contributed by atoms with van der Waals surface area (Å²) in [6.07, 6.45) is 5.70. The van der Waals surface area contributed by atoms with Crippen LogP contribution < -0.4 is 0 Å². The van der Waals surface area contributed by atoms with Crippen molar-refractivity contribution in [1.29, 1.82) is 0 Å². The average Bonchev–Trinajstić information content (AvgIpc) is 1.77. The first-order valence-electron chi connectivity index (χ1n) is 3.45. The van der Waals surface area contributed by atoms with Gasteiger partial charge in [0.05, 0.1) is 0 Å². The average molecular weight is 177 g/mol. The maximum absolute atomic E-state index is 3.65. The summed E-state index contributed by atoms with van der Waals surface area (Å²) in [4.78, 5) is 0.816. The molecule has 2 atom stereocenters. The Bertz CT molecular complexity index is 60.8. The number of rotatable bonds is 0. The Balaban J connectivity index is 2.28. The maximum Gasteiger partial charge on any atom is 0.0171 e. The fourth-order valence-corrected chi connectivity index (χ4v) is 1.86. The van der Waals surface area contributed by atoms with Crippen LogP contribution in [0.3, 0.4) is 0 Å². The minimum Gasteiger partial charge on any atom is -0.0888 e. The van der Waals surface area contributed by atoms with Crippen molar-refractivity contribution in [2.24, 2.45) is 5.92 Å². The molecule has 1 heteroatoms. The van der Waals surface area contributed by atoms with Crippen molar-refractivity contribution in [2.45, 2.75) is 37.4 Å². The second-order valence-electron chi connectivity index (χ2n) is 2.78. The summed E-state index contributed by atoms with van der Waals surface area (Å²) in [5.41, 5.74) is 0. The highest BCUT2D eigenvalue weighted by Crippen LogP contribution is 2.28. The van der Waals surface area contributed by atoms with E-state index in [1.807, 2.05) is 0 Å². The summed E-state index contributed by atoms with van der Waals surface area (Å²) < 4.78 is 0. The Morgan fingerprint density at radius 2 is 1.88 bits per heavy atom. The molecule has 0 aromatic carbocycles. The van der Waals surface area contributed by atoms with E-state index in [2.05, 4.69) is 22.9 Å². The summed E-state index contributed by atoms with van der Waals surface area (Å²) in [6, 6.07) is 0.